The van der Waals surface area contributed by atoms with Gasteiger partial charge in [0.15, 0.2) is 0 Å². The standard InChI is InChI=1S/C17H21ClN2O2/c1-11-5-6-12(18)9-15(11)19-16(21)13-10-14(13)17(22)20-7-3-2-4-8-20/h5-6,9,13-14H,2-4,7-8,10H2,1H3,(H,19,21). The fraction of sp³-hybridized carbons (Fsp3) is 0.529. The zero-order valence-electron chi connectivity index (χ0n) is 12.8. The molecule has 1 aliphatic heterocycles. The van der Waals surface area contributed by atoms with Crippen molar-refractivity contribution >= 4 is 29.1 Å². The quantitative estimate of drug-likeness (QED) is 0.929. The van der Waals surface area contributed by atoms with Gasteiger partial charge in [0, 0.05) is 23.8 Å². The monoisotopic (exact) mass is 320 g/mol. The van der Waals surface area contributed by atoms with Crippen LogP contribution in [0.2, 0.25) is 5.02 Å². The van der Waals surface area contributed by atoms with Gasteiger partial charge >= 0.3 is 0 Å². The number of carbonyl (C=O) groups excluding carboxylic acids is 2. The lowest BCUT2D eigenvalue weighted by Crippen LogP contribution is -2.37. The van der Waals surface area contributed by atoms with E-state index in [1.54, 1.807) is 12.1 Å². The maximum absolute atomic E-state index is 12.4. The molecular formula is C17H21ClN2O2. The van der Waals surface area contributed by atoms with Gasteiger partial charge in [-0.15, -0.1) is 0 Å². The Kier molecular flexibility index (Phi) is 4.39. The van der Waals surface area contributed by atoms with Crippen LogP contribution < -0.4 is 5.32 Å². The lowest BCUT2D eigenvalue weighted by Gasteiger charge is -2.26. The molecular weight excluding hydrogens is 300 g/mol. The Morgan fingerprint density at radius 1 is 1.18 bits per heavy atom. The lowest BCUT2D eigenvalue weighted by atomic mass is 10.1. The lowest BCUT2D eigenvalue weighted by molar-refractivity contribution is -0.134. The molecule has 1 heterocycles. The molecule has 2 atom stereocenters. The molecule has 22 heavy (non-hydrogen) atoms. The fourth-order valence-corrected chi connectivity index (χ4v) is 3.23. The van der Waals surface area contributed by atoms with E-state index in [-0.39, 0.29) is 23.7 Å². The Hall–Kier alpha value is -1.55. The van der Waals surface area contributed by atoms with E-state index in [9.17, 15) is 9.59 Å². The summed E-state index contributed by atoms with van der Waals surface area (Å²) in [5.41, 5.74) is 1.70. The molecule has 0 aromatic heterocycles. The number of aryl methyl sites for hydroxylation is 1. The minimum atomic E-state index is -0.187. The van der Waals surface area contributed by atoms with Crippen molar-refractivity contribution in [2.75, 3.05) is 18.4 Å². The maximum atomic E-state index is 12.4. The van der Waals surface area contributed by atoms with E-state index < -0.39 is 0 Å². The molecule has 1 saturated carbocycles. The molecule has 1 N–H and O–H groups in total. The van der Waals surface area contributed by atoms with Gasteiger partial charge in [0.2, 0.25) is 11.8 Å². The highest BCUT2D eigenvalue weighted by molar-refractivity contribution is 6.31. The minimum Gasteiger partial charge on any atom is -0.342 e. The average molecular weight is 321 g/mol. The van der Waals surface area contributed by atoms with Crippen LogP contribution in [0.25, 0.3) is 0 Å². The molecule has 2 unspecified atom stereocenters. The number of nitrogens with zero attached hydrogens (tertiary/aromatic N) is 1. The number of anilines is 1. The number of amides is 2. The highest BCUT2D eigenvalue weighted by Gasteiger charge is 2.49. The molecule has 2 amide bonds. The minimum absolute atomic E-state index is 0.0688. The van der Waals surface area contributed by atoms with E-state index >= 15 is 0 Å². The third-order valence-electron chi connectivity index (χ3n) is 4.57. The molecule has 0 bridgehead atoms. The van der Waals surface area contributed by atoms with Crippen LogP contribution in [-0.4, -0.2) is 29.8 Å². The van der Waals surface area contributed by atoms with Crippen LogP contribution in [0.1, 0.15) is 31.2 Å². The van der Waals surface area contributed by atoms with Crippen LogP contribution >= 0.6 is 11.6 Å². The second kappa shape index (κ2) is 6.29. The highest BCUT2D eigenvalue weighted by atomic mass is 35.5. The van der Waals surface area contributed by atoms with Crippen molar-refractivity contribution in [1.82, 2.24) is 4.90 Å². The number of rotatable bonds is 3. The van der Waals surface area contributed by atoms with Crippen molar-refractivity contribution in [2.45, 2.75) is 32.6 Å². The Bertz CT molecular complexity index is 596. The van der Waals surface area contributed by atoms with Crippen LogP contribution in [0.4, 0.5) is 5.69 Å². The Morgan fingerprint density at radius 3 is 2.64 bits per heavy atom. The third-order valence-corrected chi connectivity index (χ3v) is 4.80. The Balaban J connectivity index is 1.58. The van der Waals surface area contributed by atoms with Crippen molar-refractivity contribution in [3.63, 3.8) is 0 Å². The number of nitrogens with one attached hydrogen (secondary N) is 1. The molecule has 118 valence electrons. The molecule has 0 radical (unpaired) electrons. The summed E-state index contributed by atoms with van der Waals surface area (Å²) in [6.07, 6.45) is 4.03. The average Bonchev–Trinajstić information content (AvgIpc) is 3.32. The molecule has 2 aliphatic rings. The van der Waals surface area contributed by atoms with Gasteiger partial charge in [0.1, 0.15) is 0 Å². The Labute approximate surface area is 135 Å². The van der Waals surface area contributed by atoms with E-state index in [4.69, 9.17) is 11.6 Å². The smallest absolute Gasteiger partial charge is 0.228 e. The second-order valence-electron chi connectivity index (χ2n) is 6.28. The van der Waals surface area contributed by atoms with E-state index in [2.05, 4.69) is 5.32 Å². The Morgan fingerprint density at radius 2 is 1.91 bits per heavy atom. The van der Waals surface area contributed by atoms with Crippen LogP contribution in [-0.2, 0) is 9.59 Å². The molecule has 0 spiro atoms. The number of benzene rings is 1. The predicted molar refractivity (Wildman–Crippen MR) is 86.8 cm³/mol. The number of hydrogen-bond acceptors (Lipinski definition) is 2. The first kappa shape index (κ1) is 15.3. The van der Waals surface area contributed by atoms with Gasteiger partial charge in [0.25, 0.3) is 0 Å². The summed E-state index contributed by atoms with van der Waals surface area (Å²) in [5.74, 6) is -0.228. The van der Waals surface area contributed by atoms with Crippen LogP contribution in [0.15, 0.2) is 18.2 Å². The summed E-state index contributed by atoms with van der Waals surface area (Å²) in [6.45, 7) is 3.61. The van der Waals surface area contributed by atoms with Crippen molar-refractivity contribution < 1.29 is 9.59 Å². The van der Waals surface area contributed by atoms with E-state index in [0.717, 1.165) is 37.2 Å². The summed E-state index contributed by atoms with van der Waals surface area (Å²) < 4.78 is 0. The van der Waals surface area contributed by atoms with Gasteiger partial charge < -0.3 is 10.2 Å². The van der Waals surface area contributed by atoms with Gasteiger partial charge in [-0.2, -0.15) is 0 Å². The van der Waals surface area contributed by atoms with Gasteiger partial charge in [-0.1, -0.05) is 17.7 Å². The zero-order chi connectivity index (χ0) is 15.7. The van der Waals surface area contributed by atoms with Crippen LogP contribution in [0.3, 0.4) is 0 Å². The molecule has 1 aliphatic carbocycles. The second-order valence-corrected chi connectivity index (χ2v) is 6.72. The van der Waals surface area contributed by atoms with Gasteiger partial charge in [-0.05, 0) is 50.3 Å². The van der Waals surface area contributed by atoms with Crippen molar-refractivity contribution in [3.05, 3.63) is 28.8 Å². The highest BCUT2D eigenvalue weighted by Crippen LogP contribution is 2.41. The van der Waals surface area contributed by atoms with E-state index in [0.29, 0.717) is 11.4 Å². The number of halogens is 1. The van der Waals surface area contributed by atoms with Crippen LogP contribution in [0, 0.1) is 18.8 Å². The number of piperidine rings is 1. The topological polar surface area (TPSA) is 49.4 Å². The summed E-state index contributed by atoms with van der Waals surface area (Å²) >= 11 is 5.96. The van der Waals surface area contributed by atoms with Crippen LogP contribution in [0.5, 0.6) is 0 Å². The van der Waals surface area contributed by atoms with Crippen molar-refractivity contribution in [3.8, 4) is 0 Å². The first-order chi connectivity index (χ1) is 10.6. The van der Waals surface area contributed by atoms with E-state index in [1.165, 1.54) is 6.42 Å². The number of carbonyl (C=O) groups is 2. The van der Waals surface area contributed by atoms with Gasteiger partial charge in [0.05, 0.1) is 11.8 Å². The molecule has 3 rings (SSSR count). The molecule has 2 fully saturated rings. The first-order valence-corrected chi connectivity index (χ1v) is 8.30. The maximum Gasteiger partial charge on any atom is 0.228 e. The summed E-state index contributed by atoms with van der Waals surface area (Å²) in [6, 6.07) is 5.42. The number of likely N-dealkylation sites (tertiary alicyclic amines) is 1. The first-order valence-electron chi connectivity index (χ1n) is 7.92. The molecule has 1 aromatic rings. The summed E-state index contributed by atoms with van der Waals surface area (Å²) in [7, 11) is 0. The van der Waals surface area contributed by atoms with E-state index in [1.807, 2.05) is 17.9 Å². The van der Waals surface area contributed by atoms with Crippen molar-refractivity contribution in [1.29, 1.82) is 0 Å². The molecule has 5 heteroatoms. The van der Waals surface area contributed by atoms with Gasteiger partial charge in [-0.3, -0.25) is 9.59 Å². The largest absolute Gasteiger partial charge is 0.342 e. The zero-order valence-corrected chi connectivity index (χ0v) is 13.5. The number of hydrogen-bond donors (Lipinski definition) is 1. The van der Waals surface area contributed by atoms with Gasteiger partial charge in [-0.25, -0.2) is 0 Å². The fourth-order valence-electron chi connectivity index (χ4n) is 3.06. The normalized spacial score (nSPS) is 24.0. The molecule has 1 aromatic carbocycles. The predicted octanol–water partition coefficient (Wildman–Crippen LogP) is 3.24. The summed E-state index contributed by atoms with van der Waals surface area (Å²) in [5, 5.41) is 3.50. The SMILES string of the molecule is Cc1ccc(Cl)cc1NC(=O)C1CC1C(=O)N1CCCCC1. The third kappa shape index (κ3) is 3.27. The molecule has 1 saturated heterocycles. The van der Waals surface area contributed by atoms with Crippen molar-refractivity contribution in [2.24, 2.45) is 11.8 Å². The molecule has 4 nitrogen and oxygen atoms in total. The summed E-state index contributed by atoms with van der Waals surface area (Å²) in [4.78, 5) is 26.6.